The summed E-state index contributed by atoms with van der Waals surface area (Å²) in [6, 6.07) is 20.6. The van der Waals surface area contributed by atoms with E-state index in [4.69, 9.17) is 4.74 Å². The topological polar surface area (TPSA) is 70.9 Å². The summed E-state index contributed by atoms with van der Waals surface area (Å²) in [6.07, 6.45) is 2.16. The van der Waals surface area contributed by atoms with Gasteiger partial charge in [-0.15, -0.1) is 0 Å². The highest BCUT2D eigenvalue weighted by Crippen LogP contribution is 2.28. The van der Waals surface area contributed by atoms with Crippen molar-refractivity contribution in [3.05, 3.63) is 77.9 Å². The van der Waals surface area contributed by atoms with Gasteiger partial charge < -0.3 is 9.84 Å². The molecule has 0 saturated heterocycles. The van der Waals surface area contributed by atoms with Gasteiger partial charge in [0, 0.05) is 18.0 Å². The van der Waals surface area contributed by atoms with Crippen LogP contribution >= 0.6 is 0 Å². The lowest BCUT2D eigenvalue weighted by Gasteiger charge is -2.06. The number of hydrogen-bond donors (Lipinski definition) is 2. The third-order valence-electron chi connectivity index (χ3n) is 3.91. The molecule has 132 valence electrons. The Labute approximate surface area is 151 Å². The van der Waals surface area contributed by atoms with Gasteiger partial charge in [0.05, 0.1) is 18.8 Å². The lowest BCUT2D eigenvalue weighted by molar-refractivity contribution is 0.0952. The van der Waals surface area contributed by atoms with E-state index in [2.05, 4.69) is 10.5 Å². The van der Waals surface area contributed by atoms with E-state index in [-0.39, 0.29) is 11.3 Å². The van der Waals surface area contributed by atoms with Crippen molar-refractivity contribution in [3.8, 4) is 5.75 Å². The van der Waals surface area contributed by atoms with Crippen LogP contribution in [0.5, 0.6) is 5.75 Å². The lowest BCUT2D eigenvalue weighted by atomic mass is 10.1. The zero-order valence-electron chi connectivity index (χ0n) is 14.3. The van der Waals surface area contributed by atoms with Crippen LogP contribution < -0.4 is 5.43 Å². The zero-order valence-corrected chi connectivity index (χ0v) is 14.3. The van der Waals surface area contributed by atoms with Crippen LogP contribution in [-0.2, 0) is 11.3 Å². The number of phenols is 1. The molecular weight excluding hydrogens is 328 g/mol. The Hall–Kier alpha value is -3.18. The summed E-state index contributed by atoms with van der Waals surface area (Å²) >= 11 is 0. The van der Waals surface area contributed by atoms with Crippen LogP contribution in [0.1, 0.15) is 22.3 Å². The molecule has 0 heterocycles. The van der Waals surface area contributed by atoms with Crippen molar-refractivity contribution in [3.63, 3.8) is 0 Å². The summed E-state index contributed by atoms with van der Waals surface area (Å²) in [5.41, 5.74) is 3.74. The highest BCUT2D eigenvalue weighted by molar-refractivity contribution is 6.03. The van der Waals surface area contributed by atoms with E-state index in [0.717, 1.165) is 10.9 Å². The van der Waals surface area contributed by atoms with Crippen molar-refractivity contribution < 1.29 is 14.6 Å². The average Bonchev–Trinajstić information content (AvgIpc) is 2.68. The molecular formula is C21H20N2O3. The first-order chi connectivity index (χ1) is 12.8. The molecule has 3 rings (SSSR count). The van der Waals surface area contributed by atoms with Crippen LogP contribution in [0.3, 0.4) is 0 Å². The second-order valence-electron chi connectivity index (χ2n) is 5.76. The Bertz CT molecular complexity index is 908. The number of phenolic OH excluding ortho intramolecular Hbond substituents is 1. The first-order valence-electron chi connectivity index (χ1n) is 8.40. The van der Waals surface area contributed by atoms with E-state index in [9.17, 15) is 9.90 Å². The number of hydrazone groups is 1. The maximum Gasteiger partial charge on any atom is 0.275 e. The predicted molar refractivity (Wildman–Crippen MR) is 102 cm³/mol. The van der Waals surface area contributed by atoms with Gasteiger partial charge in [-0.25, -0.2) is 5.43 Å². The Morgan fingerprint density at radius 3 is 2.65 bits per heavy atom. The van der Waals surface area contributed by atoms with Gasteiger partial charge >= 0.3 is 0 Å². The summed E-state index contributed by atoms with van der Waals surface area (Å²) in [5.74, 6) is -0.489. The number of nitrogens with one attached hydrogen (secondary N) is 1. The molecule has 0 aliphatic rings. The Morgan fingerprint density at radius 1 is 1.04 bits per heavy atom. The minimum absolute atomic E-state index is 0.0398. The van der Waals surface area contributed by atoms with Crippen molar-refractivity contribution in [1.29, 1.82) is 0 Å². The number of carbonyl (C=O) groups is 1. The molecule has 5 heteroatoms. The standard InChI is InChI=1S/C21H20N2O3/c24-20-18-10-5-4-9-17(18)11-12-19(20)21(25)23-22-13-6-14-26-15-16-7-2-1-3-8-16/h1-5,7-13,24H,6,14-15H2,(H,23,25)/b22-13+. The van der Waals surface area contributed by atoms with Gasteiger partial charge in [-0.1, -0.05) is 60.7 Å². The summed E-state index contributed by atoms with van der Waals surface area (Å²) in [7, 11) is 0. The van der Waals surface area contributed by atoms with Crippen molar-refractivity contribution in [2.24, 2.45) is 5.10 Å². The summed E-state index contributed by atoms with van der Waals surface area (Å²) in [4.78, 5) is 12.2. The molecule has 26 heavy (non-hydrogen) atoms. The van der Waals surface area contributed by atoms with Gasteiger partial charge in [0.15, 0.2) is 0 Å². The number of rotatable bonds is 7. The minimum Gasteiger partial charge on any atom is -0.506 e. The second-order valence-corrected chi connectivity index (χ2v) is 5.76. The van der Waals surface area contributed by atoms with Gasteiger partial charge in [-0.2, -0.15) is 5.10 Å². The van der Waals surface area contributed by atoms with Crippen LogP contribution in [0.4, 0.5) is 0 Å². The quantitative estimate of drug-likeness (QED) is 0.387. The van der Waals surface area contributed by atoms with E-state index >= 15 is 0 Å². The fraction of sp³-hybridized carbons (Fsp3) is 0.143. The van der Waals surface area contributed by atoms with Crippen LogP contribution in [0, 0.1) is 0 Å². The van der Waals surface area contributed by atoms with Gasteiger partial charge in [0.2, 0.25) is 0 Å². The summed E-state index contributed by atoms with van der Waals surface area (Å²) < 4.78 is 5.53. The molecule has 0 saturated carbocycles. The fourth-order valence-corrected chi connectivity index (χ4v) is 2.57. The number of nitrogens with zero attached hydrogens (tertiary/aromatic N) is 1. The lowest BCUT2D eigenvalue weighted by Crippen LogP contribution is -2.17. The fourth-order valence-electron chi connectivity index (χ4n) is 2.57. The van der Waals surface area contributed by atoms with Crippen molar-refractivity contribution >= 4 is 22.9 Å². The second kappa shape index (κ2) is 8.78. The van der Waals surface area contributed by atoms with Crippen molar-refractivity contribution in [2.75, 3.05) is 6.61 Å². The van der Waals surface area contributed by atoms with Crippen LogP contribution in [0.2, 0.25) is 0 Å². The average molecular weight is 348 g/mol. The maximum atomic E-state index is 12.2. The van der Waals surface area contributed by atoms with E-state index < -0.39 is 5.91 Å². The van der Waals surface area contributed by atoms with Gasteiger partial charge in [-0.3, -0.25) is 4.79 Å². The van der Waals surface area contributed by atoms with E-state index in [1.54, 1.807) is 24.4 Å². The Kier molecular flexibility index (Phi) is 5.96. The Morgan fingerprint density at radius 2 is 1.81 bits per heavy atom. The molecule has 3 aromatic rings. The normalized spacial score (nSPS) is 11.1. The summed E-state index contributed by atoms with van der Waals surface area (Å²) in [6.45, 7) is 1.06. The highest BCUT2D eigenvalue weighted by atomic mass is 16.5. The number of ether oxygens (including phenoxy) is 1. The molecule has 0 aliphatic carbocycles. The number of benzene rings is 3. The van der Waals surface area contributed by atoms with Crippen molar-refractivity contribution in [2.45, 2.75) is 13.0 Å². The van der Waals surface area contributed by atoms with Gasteiger partial charge in [0.25, 0.3) is 5.91 Å². The third kappa shape index (κ3) is 4.46. The number of carbonyl (C=O) groups excluding carboxylic acids is 1. The van der Waals surface area contributed by atoms with Crippen LogP contribution in [0.25, 0.3) is 10.8 Å². The molecule has 0 atom stereocenters. The first-order valence-corrected chi connectivity index (χ1v) is 8.40. The van der Waals surface area contributed by atoms with E-state index in [1.165, 1.54) is 0 Å². The monoisotopic (exact) mass is 348 g/mol. The largest absolute Gasteiger partial charge is 0.506 e. The number of fused-ring (bicyclic) bond motifs is 1. The molecule has 0 spiro atoms. The molecule has 0 unspecified atom stereocenters. The van der Waals surface area contributed by atoms with Crippen LogP contribution in [0.15, 0.2) is 71.8 Å². The van der Waals surface area contributed by atoms with E-state index in [1.807, 2.05) is 48.5 Å². The molecule has 1 amide bonds. The number of amides is 1. The van der Waals surface area contributed by atoms with Crippen LogP contribution in [-0.4, -0.2) is 23.8 Å². The molecule has 3 aromatic carbocycles. The smallest absolute Gasteiger partial charge is 0.275 e. The molecule has 2 N–H and O–H groups in total. The Balaban J connectivity index is 1.46. The molecule has 5 nitrogen and oxygen atoms in total. The molecule has 0 aliphatic heterocycles. The molecule has 0 bridgehead atoms. The van der Waals surface area contributed by atoms with Crippen molar-refractivity contribution in [1.82, 2.24) is 5.43 Å². The number of hydrogen-bond acceptors (Lipinski definition) is 4. The van der Waals surface area contributed by atoms with Gasteiger partial charge in [-0.05, 0) is 17.0 Å². The number of aromatic hydroxyl groups is 1. The third-order valence-corrected chi connectivity index (χ3v) is 3.91. The molecule has 0 radical (unpaired) electrons. The maximum absolute atomic E-state index is 12.2. The zero-order chi connectivity index (χ0) is 18.2. The predicted octanol–water partition coefficient (Wildman–Crippen LogP) is 3.87. The SMILES string of the molecule is O=C(N/N=C/CCOCc1ccccc1)c1ccc2ccccc2c1O. The van der Waals surface area contributed by atoms with Gasteiger partial charge in [0.1, 0.15) is 5.75 Å². The highest BCUT2D eigenvalue weighted by Gasteiger charge is 2.12. The summed E-state index contributed by atoms with van der Waals surface area (Å²) in [5, 5.41) is 15.7. The molecule has 0 aromatic heterocycles. The molecule has 0 fully saturated rings. The van der Waals surface area contributed by atoms with E-state index in [0.29, 0.717) is 25.0 Å². The first kappa shape index (κ1) is 17.6. The minimum atomic E-state index is -0.449.